The average molecular weight is 630 g/mol. The molecular weight excluding hydrogens is 590 g/mol. The number of nitrogens with one attached hydrogen (secondary N) is 5. The molecule has 0 unspecified atom stereocenters. The van der Waals surface area contributed by atoms with Crippen LogP contribution in [-0.2, 0) is 43.2 Å². The maximum Gasteiger partial charge on any atom is 0.326 e. The fourth-order valence-electron chi connectivity index (χ4n) is 4.69. The van der Waals surface area contributed by atoms with E-state index in [9.17, 15) is 33.9 Å². The minimum atomic E-state index is -1.34. The molecular formula is C34H39N5O7. The highest BCUT2D eigenvalue weighted by atomic mass is 16.4. The minimum Gasteiger partial charge on any atom is -0.480 e. The molecule has 0 aliphatic rings. The predicted octanol–water partition coefficient (Wildman–Crippen LogP) is 0.792. The molecule has 0 spiro atoms. The van der Waals surface area contributed by atoms with E-state index < -0.39 is 41.8 Å². The van der Waals surface area contributed by atoms with Crippen molar-refractivity contribution >= 4 is 35.9 Å². The van der Waals surface area contributed by atoms with Crippen LogP contribution in [0.4, 0.5) is 0 Å². The number of hydrogen-bond acceptors (Lipinski definition) is 7. The van der Waals surface area contributed by atoms with Gasteiger partial charge in [-0.15, -0.1) is 0 Å². The van der Waals surface area contributed by atoms with Gasteiger partial charge in [-0.3, -0.25) is 19.2 Å². The Kier molecular flexibility index (Phi) is 14.1. The standard InChI is InChI=1S/C34H39N5O7/c1-35-27(17-14-23-8-4-2-5-9-23)32(43)37-22-30(41)38-28(20-24-10-6-3-7-11-24)33(44)39-29(34(45)46)21-25-12-15-26(16-13-25)31(42)36-18-19-40/h2-13,15-16,19,27-29,35H,14,17-18,20-22H2,1H3,(H,36,42)(H,37,43)(H,38,41)(H,39,44)(H,45,46)/t27-,28-,29+/m1/s1. The summed E-state index contributed by atoms with van der Waals surface area (Å²) in [5, 5.41) is 23.0. The van der Waals surface area contributed by atoms with E-state index >= 15 is 0 Å². The van der Waals surface area contributed by atoms with Crippen molar-refractivity contribution in [3.8, 4) is 0 Å². The Morgan fingerprint density at radius 3 is 1.87 bits per heavy atom. The fourth-order valence-corrected chi connectivity index (χ4v) is 4.69. The molecule has 3 atom stereocenters. The predicted molar refractivity (Wildman–Crippen MR) is 171 cm³/mol. The summed E-state index contributed by atoms with van der Waals surface area (Å²) in [5.41, 5.74) is 2.64. The van der Waals surface area contributed by atoms with Crippen LogP contribution in [0.2, 0.25) is 0 Å². The minimum absolute atomic E-state index is 0.0828. The first-order valence-corrected chi connectivity index (χ1v) is 14.9. The molecule has 6 N–H and O–H groups in total. The van der Waals surface area contributed by atoms with Crippen LogP contribution in [-0.4, -0.2) is 79.3 Å². The molecule has 0 aromatic heterocycles. The van der Waals surface area contributed by atoms with Gasteiger partial charge in [0, 0.05) is 18.4 Å². The van der Waals surface area contributed by atoms with E-state index in [1.807, 2.05) is 30.3 Å². The zero-order chi connectivity index (χ0) is 33.3. The van der Waals surface area contributed by atoms with Crippen LogP contribution in [0.25, 0.3) is 0 Å². The topological polar surface area (TPSA) is 183 Å². The van der Waals surface area contributed by atoms with Gasteiger partial charge in [0.1, 0.15) is 18.4 Å². The van der Waals surface area contributed by atoms with Gasteiger partial charge < -0.3 is 36.5 Å². The number of benzene rings is 3. The molecule has 4 amide bonds. The summed E-state index contributed by atoms with van der Waals surface area (Å²) in [7, 11) is 1.66. The molecule has 242 valence electrons. The molecule has 0 saturated heterocycles. The summed E-state index contributed by atoms with van der Waals surface area (Å²) in [5.74, 6) is -3.43. The smallest absolute Gasteiger partial charge is 0.326 e. The quantitative estimate of drug-likeness (QED) is 0.112. The molecule has 0 fully saturated rings. The second-order valence-corrected chi connectivity index (χ2v) is 10.6. The van der Waals surface area contributed by atoms with Crippen LogP contribution >= 0.6 is 0 Å². The van der Waals surface area contributed by atoms with Gasteiger partial charge in [-0.2, -0.15) is 0 Å². The lowest BCUT2D eigenvalue weighted by molar-refractivity contribution is -0.142. The van der Waals surface area contributed by atoms with Crippen molar-refractivity contribution in [3.63, 3.8) is 0 Å². The summed E-state index contributed by atoms with van der Waals surface area (Å²) >= 11 is 0. The molecule has 0 heterocycles. The second-order valence-electron chi connectivity index (χ2n) is 10.6. The number of carbonyl (C=O) groups excluding carboxylic acids is 5. The van der Waals surface area contributed by atoms with Gasteiger partial charge in [0.15, 0.2) is 0 Å². The average Bonchev–Trinajstić information content (AvgIpc) is 3.07. The number of hydrogen-bond donors (Lipinski definition) is 6. The number of carboxylic acid groups (broad SMARTS) is 1. The molecule has 3 rings (SSSR count). The Hall–Kier alpha value is -5.36. The molecule has 12 heteroatoms. The summed E-state index contributed by atoms with van der Waals surface area (Å²) < 4.78 is 0. The van der Waals surface area contributed by atoms with Gasteiger partial charge in [0.2, 0.25) is 17.7 Å². The number of aryl methyl sites for hydroxylation is 1. The van der Waals surface area contributed by atoms with Crippen molar-refractivity contribution in [1.82, 2.24) is 26.6 Å². The lowest BCUT2D eigenvalue weighted by atomic mass is 10.0. The molecule has 0 aliphatic heterocycles. The first kappa shape index (κ1) is 35.1. The molecule has 0 aliphatic carbocycles. The molecule has 3 aromatic rings. The van der Waals surface area contributed by atoms with Gasteiger partial charge >= 0.3 is 5.97 Å². The van der Waals surface area contributed by atoms with Gasteiger partial charge in [0.25, 0.3) is 5.91 Å². The summed E-state index contributed by atoms with van der Waals surface area (Å²) in [6, 6.07) is 21.7. The normalized spacial score (nSPS) is 12.5. The molecule has 3 aromatic carbocycles. The SMILES string of the molecule is CN[C@H](CCc1ccccc1)C(=O)NCC(=O)N[C@H](Cc1ccccc1)C(=O)N[C@@H](Cc1ccc(C(=O)NCC=O)cc1)C(=O)O. The Labute approximate surface area is 267 Å². The molecule has 0 bridgehead atoms. The van der Waals surface area contributed by atoms with Crippen molar-refractivity contribution in [2.75, 3.05) is 20.1 Å². The molecule has 0 radical (unpaired) electrons. The number of aldehydes is 1. The molecule has 0 saturated carbocycles. The van der Waals surface area contributed by atoms with Crippen molar-refractivity contribution in [2.24, 2.45) is 0 Å². The summed E-state index contributed by atoms with van der Waals surface area (Å²) in [6.45, 7) is -0.512. The van der Waals surface area contributed by atoms with Crippen molar-refractivity contribution in [3.05, 3.63) is 107 Å². The van der Waals surface area contributed by atoms with Crippen LogP contribution in [0.15, 0.2) is 84.9 Å². The maximum atomic E-state index is 13.4. The van der Waals surface area contributed by atoms with E-state index in [0.29, 0.717) is 24.7 Å². The molecule has 12 nitrogen and oxygen atoms in total. The summed E-state index contributed by atoms with van der Waals surface area (Å²) in [6.07, 6.45) is 1.73. The largest absolute Gasteiger partial charge is 0.480 e. The van der Waals surface area contributed by atoms with Crippen molar-refractivity contribution in [1.29, 1.82) is 0 Å². The van der Waals surface area contributed by atoms with Gasteiger partial charge in [-0.25, -0.2) is 4.79 Å². The number of amides is 4. The van der Waals surface area contributed by atoms with Gasteiger partial charge in [-0.05, 0) is 48.7 Å². The highest BCUT2D eigenvalue weighted by molar-refractivity contribution is 5.95. The highest BCUT2D eigenvalue weighted by Gasteiger charge is 2.27. The Morgan fingerprint density at radius 2 is 1.28 bits per heavy atom. The zero-order valence-corrected chi connectivity index (χ0v) is 25.5. The van der Waals surface area contributed by atoms with Crippen LogP contribution in [0.5, 0.6) is 0 Å². The zero-order valence-electron chi connectivity index (χ0n) is 25.5. The number of rotatable bonds is 18. The number of carboxylic acids is 1. The monoisotopic (exact) mass is 629 g/mol. The first-order valence-electron chi connectivity index (χ1n) is 14.9. The highest BCUT2D eigenvalue weighted by Crippen LogP contribution is 2.10. The number of likely N-dealkylation sites (N-methyl/N-ethyl adjacent to an activating group) is 1. The lowest BCUT2D eigenvalue weighted by Crippen LogP contribution is -2.55. The van der Waals surface area contributed by atoms with E-state index in [1.54, 1.807) is 49.5 Å². The third kappa shape index (κ3) is 11.6. The van der Waals surface area contributed by atoms with E-state index in [-0.39, 0.29) is 37.4 Å². The van der Waals surface area contributed by atoms with Gasteiger partial charge in [0.05, 0.1) is 19.1 Å². The first-order chi connectivity index (χ1) is 22.2. The van der Waals surface area contributed by atoms with E-state index in [4.69, 9.17) is 0 Å². The second kappa shape index (κ2) is 18.4. The Morgan fingerprint density at radius 1 is 0.696 bits per heavy atom. The van der Waals surface area contributed by atoms with E-state index in [0.717, 1.165) is 11.1 Å². The molecule has 46 heavy (non-hydrogen) atoms. The van der Waals surface area contributed by atoms with Crippen LogP contribution in [0.3, 0.4) is 0 Å². The summed E-state index contributed by atoms with van der Waals surface area (Å²) in [4.78, 5) is 73.7. The van der Waals surface area contributed by atoms with E-state index in [2.05, 4.69) is 26.6 Å². The third-order valence-corrected chi connectivity index (χ3v) is 7.20. The number of carbonyl (C=O) groups is 6. The van der Waals surface area contributed by atoms with E-state index in [1.165, 1.54) is 12.1 Å². The van der Waals surface area contributed by atoms with Gasteiger partial charge in [-0.1, -0.05) is 72.8 Å². The third-order valence-electron chi connectivity index (χ3n) is 7.20. The van der Waals surface area contributed by atoms with Crippen molar-refractivity contribution in [2.45, 2.75) is 43.8 Å². The fraction of sp³-hybridized carbons (Fsp3) is 0.294. The number of aliphatic carboxylic acids is 1. The lowest BCUT2D eigenvalue weighted by Gasteiger charge is -2.22. The maximum absolute atomic E-state index is 13.4. The Bertz CT molecular complexity index is 1470. The van der Waals surface area contributed by atoms with Crippen LogP contribution in [0.1, 0.15) is 33.5 Å². The van der Waals surface area contributed by atoms with Crippen LogP contribution < -0.4 is 26.6 Å². The van der Waals surface area contributed by atoms with Crippen LogP contribution in [0, 0.1) is 0 Å². The Balaban J connectivity index is 1.62. The van der Waals surface area contributed by atoms with Crippen molar-refractivity contribution < 1.29 is 33.9 Å².